The highest BCUT2D eigenvalue weighted by molar-refractivity contribution is 5.84. The first kappa shape index (κ1) is 16.2. The van der Waals surface area contributed by atoms with Crippen molar-refractivity contribution in [1.29, 1.82) is 0 Å². The zero-order chi connectivity index (χ0) is 15.1. The third kappa shape index (κ3) is 3.82. The van der Waals surface area contributed by atoms with E-state index in [1.54, 1.807) is 4.90 Å². The van der Waals surface area contributed by atoms with E-state index in [0.29, 0.717) is 31.4 Å². The van der Waals surface area contributed by atoms with Crippen LogP contribution in [0.1, 0.15) is 33.3 Å². The van der Waals surface area contributed by atoms with Crippen LogP contribution in [0.3, 0.4) is 0 Å². The fourth-order valence-electron chi connectivity index (χ4n) is 1.94. The molecule has 1 atom stereocenters. The van der Waals surface area contributed by atoms with Crippen LogP contribution in [0, 0.1) is 6.92 Å². The molecule has 6 nitrogen and oxygen atoms in total. The van der Waals surface area contributed by atoms with E-state index in [0.717, 1.165) is 5.56 Å². The van der Waals surface area contributed by atoms with Gasteiger partial charge in [-0.15, -0.1) is 0 Å². The number of hydrogen-bond donors (Lipinski definition) is 1. The molecule has 1 heterocycles. The van der Waals surface area contributed by atoms with E-state index in [9.17, 15) is 4.79 Å². The molecule has 1 N–H and O–H groups in total. The summed E-state index contributed by atoms with van der Waals surface area (Å²) in [5, 5.41) is 3.14. The molecule has 0 saturated carbocycles. The quantitative estimate of drug-likeness (QED) is 0.825. The van der Waals surface area contributed by atoms with Crippen LogP contribution in [-0.4, -0.2) is 46.5 Å². The highest BCUT2D eigenvalue weighted by atomic mass is 16.5. The SMILES string of the molecule is CCOc1ncnc(NC(C)C(=O)N(CC)CC)c1C. The summed E-state index contributed by atoms with van der Waals surface area (Å²) in [6.45, 7) is 11.5. The summed E-state index contributed by atoms with van der Waals surface area (Å²) < 4.78 is 5.42. The average Bonchev–Trinajstić information content (AvgIpc) is 2.44. The number of carbonyl (C=O) groups is 1. The summed E-state index contributed by atoms with van der Waals surface area (Å²) in [6, 6.07) is -0.335. The molecule has 1 aromatic heterocycles. The van der Waals surface area contributed by atoms with Gasteiger partial charge in [-0.2, -0.15) is 0 Å². The van der Waals surface area contributed by atoms with Crippen molar-refractivity contribution in [2.75, 3.05) is 25.0 Å². The van der Waals surface area contributed by atoms with Gasteiger partial charge < -0.3 is 15.0 Å². The Labute approximate surface area is 120 Å². The molecule has 0 saturated heterocycles. The van der Waals surface area contributed by atoms with Gasteiger partial charge in [-0.25, -0.2) is 9.97 Å². The number of rotatable bonds is 7. The van der Waals surface area contributed by atoms with Crippen molar-refractivity contribution in [3.63, 3.8) is 0 Å². The van der Waals surface area contributed by atoms with E-state index in [2.05, 4.69) is 15.3 Å². The van der Waals surface area contributed by atoms with Crippen LogP contribution in [0.5, 0.6) is 5.88 Å². The van der Waals surface area contributed by atoms with Gasteiger partial charge in [0.15, 0.2) is 0 Å². The summed E-state index contributed by atoms with van der Waals surface area (Å²) in [4.78, 5) is 22.3. The lowest BCUT2D eigenvalue weighted by atomic mass is 10.2. The molecular weight excluding hydrogens is 256 g/mol. The van der Waals surface area contributed by atoms with Gasteiger partial charge in [0.05, 0.1) is 12.2 Å². The zero-order valence-corrected chi connectivity index (χ0v) is 12.9. The third-order valence-corrected chi connectivity index (χ3v) is 3.12. The lowest BCUT2D eigenvalue weighted by molar-refractivity contribution is -0.131. The maximum absolute atomic E-state index is 12.2. The molecule has 1 rings (SSSR count). The van der Waals surface area contributed by atoms with Crippen molar-refractivity contribution in [3.8, 4) is 5.88 Å². The Balaban J connectivity index is 2.82. The maximum Gasteiger partial charge on any atom is 0.244 e. The molecular formula is C14H24N4O2. The fraction of sp³-hybridized carbons (Fsp3) is 0.643. The predicted octanol–water partition coefficient (Wildman–Crippen LogP) is 1.85. The summed E-state index contributed by atoms with van der Waals surface area (Å²) in [5.41, 5.74) is 0.813. The molecule has 0 bridgehead atoms. The van der Waals surface area contributed by atoms with Gasteiger partial charge in [0.25, 0.3) is 0 Å². The van der Waals surface area contributed by atoms with Gasteiger partial charge >= 0.3 is 0 Å². The molecule has 112 valence electrons. The Hall–Kier alpha value is -1.85. The Morgan fingerprint density at radius 3 is 2.55 bits per heavy atom. The number of nitrogens with one attached hydrogen (secondary N) is 1. The summed E-state index contributed by atoms with van der Waals surface area (Å²) in [6.07, 6.45) is 1.44. The summed E-state index contributed by atoms with van der Waals surface area (Å²) >= 11 is 0. The molecule has 0 aromatic carbocycles. The van der Waals surface area contributed by atoms with Crippen LogP contribution >= 0.6 is 0 Å². The molecule has 6 heteroatoms. The lowest BCUT2D eigenvalue weighted by Crippen LogP contribution is -2.41. The van der Waals surface area contributed by atoms with Crippen LogP contribution < -0.4 is 10.1 Å². The van der Waals surface area contributed by atoms with E-state index in [1.165, 1.54) is 6.33 Å². The van der Waals surface area contributed by atoms with Crippen molar-refractivity contribution in [2.45, 2.75) is 40.7 Å². The Bertz CT molecular complexity index is 447. The average molecular weight is 280 g/mol. The highest BCUT2D eigenvalue weighted by Gasteiger charge is 2.19. The van der Waals surface area contributed by atoms with Gasteiger partial charge in [0.2, 0.25) is 11.8 Å². The number of nitrogens with zero attached hydrogens (tertiary/aromatic N) is 3. The van der Waals surface area contributed by atoms with Gasteiger partial charge in [0.1, 0.15) is 18.2 Å². The minimum absolute atomic E-state index is 0.0611. The number of amides is 1. The second kappa shape index (κ2) is 7.67. The van der Waals surface area contributed by atoms with E-state index in [4.69, 9.17) is 4.74 Å². The van der Waals surface area contributed by atoms with E-state index in [1.807, 2.05) is 34.6 Å². The molecule has 0 radical (unpaired) electrons. The molecule has 0 spiro atoms. The maximum atomic E-state index is 12.2. The first-order valence-electron chi connectivity index (χ1n) is 7.04. The molecule has 1 unspecified atom stereocenters. The number of ether oxygens (including phenoxy) is 1. The van der Waals surface area contributed by atoms with Crippen molar-refractivity contribution < 1.29 is 9.53 Å². The van der Waals surface area contributed by atoms with Crippen molar-refractivity contribution in [2.24, 2.45) is 0 Å². The fourth-order valence-corrected chi connectivity index (χ4v) is 1.94. The van der Waals surface area contributed by atoms with E-state index in [-0.39, 0.29) is 11.9 Å². The third-order valence-electron chi connectivity index (χ3n) is 3.12. The largest absolute Gasteiger partial charge is 0.478 e. The van der Waals surface area contributed by atoms with Gasteiger partial charge in [-0.1, -0.05) is 0 Å². The Morgan fingerprint density at radius 1 is 1.35 bits per heavy atom. The van der Waals surface area contributed by atoms with Crippen LogP contribution in [0.25, 0.3) is 0 Å². The van der Waals surface area contributed by atoms with Gasteiger partial charge in [-0.3, -0.25) is 4.79 Å². The van der Waals surface area contributed by atoms with Crippen LogP contribution in [-0.2, 0) is 4.79 Å². The highest BCUT2D eigenvalue weighted by Crippen LogP contribution is 2.21. The smallest absolute Gasteiger partial charge is 0.244 e. The molecule has 0 aliphatic heterocycles. The lowest BCUT2D eigenvalue weighted by Gasteiger charge is -2.24. The molecule has 1 aromatic rings. The van der Waals surface area contributed by atoms with Crippen molar-refractivity contribution in [3.05, 3.63) is 11.9 Å². The van der Waals surface area contributed by atoms with Crippen LogP contribution in [0.4, 0.5) is 5.82 Å². The predicted molar refractivity (Wildman–Crippen MR) is 79.0 cm³/mol. The minimum Gasteiger partial charge on any atom is -0.478 e. The Morgan fingerprint density at radius 2 is 2.00 bits per heavy atom. The Kier molecular flexibility index (Phi) is 6.21. The zero-order valence-electron chi connectivity index (χ0n) is 12.9. The summed E-state index contributed by atoms with van der Waals surface area (Å²) in [7, 11) is 0. The monoisotopic (exact) mass is 280 g/mol. The number of anilines is 1. The minimum atomic E-state index is -0.335. The first-order valence-corrected chi connectivity index (χ1v) is 7.04. The molecule has 1 amide bonds. The topological polar surface area (TPSA) is 67.4 Å². The standard InChI is InChI=1S/C14H24N4O2/c1-6-18(7-2)14(19)11(5)17-12-10(4)13(20-8-3)16-9-15-12/h9,11H,6-8H2,1-5H3,(H,15,16,17). The first-order chi connectivity index (χ1) is 9.54. The van der Waals surface area contributed by atoms with E-state index < -0.39 is 0 Å². The van der Waals surface area contributed by atoms with Crippen molar-refractivity contribution >= 4 is 11.7 Å². The number of aromatic nitrogens is 2. The van der Waals surface area contributed by atoms with Crippen LogP contribution in [0.15, 0.2) is 6.33 Å². The number of likely N-dealkylation sites (N-methyl/N-ethyl adjacent to an activating group) is 1. The van der Waals surface area contributed by atoms with Gasteiger partial charge in [-0.05, 0) is 34.6 Å². The normalized spacial score (nSPS) is 11.8. The molecule has 0 aliphatic carbocycles. The van der Waals surface area contributed by atoms with Gasteiger partial charge in [0, 0.05) is 13.1 Å². The summed E-state index contributed by atoms with van der Waals surface area (Å²) in [5.74, 6) is 1.25. The van der Waals surface area contributed by atoms with Crippen molar-refractivity contribution in [1.82, 2.24) is 14.9 Å². The molecule has 0 aliphatic rings. The second-order valence-electron chi connectivity index (χ2n) is 4.46. The second-order valence-corrected chi connectivity index (χ2v) is 4.46. The molecule has 0 fully saturated rings. The number of hydrogen-bond acceptors (Lipinski definition) is 5. The van der Waals surface area contributed by atoms with E-state index >= 15 is 0 Å². The van der Waals surface area contributed by atoms with Crippen LogP contribution in [0.2, 0.25) is 0 Å². The molecule has 20 heavy (non-hydrogen) atoms. The number of carbonyl (C=O) groups excluding carboxylic acids is 1.